The van der Waals surface area contributed by atoms with E-state index in [2.05, 4.69) is 10.3 Å². The molecular formula is C18H20N4O3. The summed E-state index contributed by atoms with van der Waals surface area (Å²) in [5, 5.41) is 8.44. The Hall–Kier alpha value is -2.83. The summed E-state index contributed by atoms with van der Waals surface area (Å²) in [5.41, 5.74) is 2.41. The molecule has 3 aromatic rings. The van der Waals surface area contributed by atoms with Crippen molar-refractivity contribution in [3.63, 3.8) is 0 Å². The lowest BCUT2D eigenvalue weighted by Gasteiger charge is -2.24. The van der Waals surface area contributed by atoms with Crippen LogP contribution >= 0.6 is 0 Å². The average molecular weight is 340 g/mol. The van der Waals surface area contributed by atoms with E-state index in [1.165, 1.54) is 0 Å². The number of likely N-dealkylation sites (tertiary alicyclic amines) is 1. The van der Waals surface area contributed by atoms with Gasteiger partial charge in [-0.2, -0.15) is 5.10 Å². The lowest BCUT2D eigenvalue weighted by Crippen LogP contribution is -2.38. The van der Waals surface area contributed by atoms with E-state index < -0.39 is 0 Å². The largest absolute Gasteiger partial charge is 0.461 e. The van der Waals surface area contributed by atoms with Crippen molar-refractivity contribution >= 4 is 5.91 Å². The third-order valence-electron chi connectivity index (χ3n) is 4.62. The van der Waals surface area contributed by atoms with Crippen LogP contribution in [0.1, 0.15) is 34.7 Å². The fourth-order valence-corrected chi connectivity index (χ4v) is 3.41. The summed E-state index contributed by atoms with van der Waals surface area (Å²) in [5.74, 6) is 0.917. The second kappa shape index (κ2) is 6.23. The first-order valence-electron chi connectivity index (χ1n) is 8.44. The molecule has 7 heteroatoms. The minimum Gasteiger partial charge on any atom is -0.461 e. The number of hydrogen-bond acceptors (Lipinski definition) is 5. The number of carbonyl (C=O) groups excluding carboxylic acids is 1. The van der Waals surface area contributed by atoms with E-state index in [-0.39, 0.29) is 11.9 Å². The van der Waals surface area contributed by atoms with Crippen molar-refractivity contribution in [3.05, 3.63) is 47.6 Å². The highest BCUT2D eigenvalue weighted by molar-refractivity contribution is 5.93. The highest BCUT2D eigenvalue weighted by atomic mass is 16.5. The molecule has 1 atom stereocenters. The molecule has 1 aliphatic rings. The first-order chi connectivity index (χ1) is 12.1. The Balaban J connectivity index is 1.52. The molecule has 0 radical (unpaired) electrons. The van der Waals surface area contributed by atoms with Crippen molar-refractivity contribution in [1.29, 1.82) is 0 Å². The van der Waals surface area contributed by atoms with Gasteiger partial charge in [-0.25, -0.2) is 0 Å². The van der Waals surface area contributed by atoms with Gasteiger partial charge in [0.05, 0.1) is 24.5 Å². The van der Waals surface area contributed by atoms with Crippen LogP contribution in [0.2, 0.25) is 0 Å². The van der Waals surface area contributed by atoms with Crippen molar-refractivity contribution in [1.82, 2.24) is 19.8 Å². The van der Waals surface area contributed by atoms with E-state index in [1.807, 2.05) is 29.5 Å². The van der Waals surface area contributed by atoms with Crippen LogP contribution in [-0.2, 0) is 6.54 Å². The van der Waals surface area contributed by atoms with Gasteiger partial charge in [-0.3, -0.25) is 9.48 Å². The van der Waals surface area contributed by atoms with Gasteiger partial charge in [0.15, 0.2) is 11.5 Å². The number of amides is 1. The van der Waals surface area contributed by atoms with Gasteiger partial charge in [-0.1, -0.05) is 5.16 Å². The van der Waals surface area contributed by atoms with Crippen molar-refractivity contribution in [3.8, 4) is 11.5 Å². The summed E-state index contributed by atoms with van der Waals surface area (Å²) < 4.78 is 12.5. The minimum atomic E-state index is -0.106. The second-order valence-corrected chi connectivity index (χ2v) is 6.46. The fraction of sp³-hybridized carbons (Fsp3) is 0.389. The van der Waals surface area contributed by atoms with Crippen molar-refractivity contribution in [2.75, 3.05) is 6.54 Å². The average Bonchev–Trinajstić information content (AvgIpc) is 3.34. The van der Waals surface area contributed by atoms with Gasteiger partial charge in [0, 0.05) is 18.3 Å². The summed E-state index contributed by atoms with van der Waals surface area (Å²) in [4.78, 5) is 14.7. The molecule has 1 unspecified atom stereocenters. The van der Waals surface area contributed by atoms with Gasteiger partial charge in [0.2, 0.25) is 5.76 Å². The Morgan fingerprint density at radius 3 is 2.92 bits per heavy atom. The minimum absolute atomic E-state index is 0.106. The first-order valence-corrected chi connectivity index (χ1v) is 8.44. The van der Waals surface area contributed by atoms with Crippen LogP contribution in [0.4, 0.5) is 0 Å². The number of hydrogen-bond donors (Lipinski definition) is 0. The SMILES string of the molecule is Cc1cc(C)n(CC2CCCN2C(=O)c2cc(-c3ccco3)on2)n1. The molecule has 0 spiro atoms. The van der Waals surface area contributed by atoms with Crippen LogP contribution in [0.5, 0.6) is 0 Å². The maximum absolute atomic E-state index is 12.9. The lowest BCUT2D eigenvalue weighted by molar-refractivity contribution is 0.0710. The molecular weight excluding hydrogens is 320 g/mol. The predicted octanol–water partition coefficient (Wildman–Crippen LogP) is 3.05. The van der Waals surface area contributed by atoms with E-state index >= 15 is 0 Å². The smallest absolute Gasteiger partial charge is 0.276 e. The molecule has 7 nitrogen and oxygen atoms in total. The Labute approximate surface area is 145 Å². The van der Waals surface area contributed by atoms with Crippen molar-refractivity contribution < 1.29 is 13.7 Å². The number of carbonyl (C=O) groups is 1. The maximum Gasteiger partial charge on any atom is 0.276 e. The molecule has 4 heterocycles. The Kier molecular flexibility index (Phi) is 3.91. The van der Waals surface area contributed by atoms with Gasteiger partial charge in [-0.15, -0.1) is 0 Å². The maximum atomic E-state index is 12.9. The summed E-state index contributed by atoms with van der Waals surface area (Å²) in [7, 11) is 0. The zero-order valence-electron chi connectivity index (χ0n) is 14.3. The van der Waals surface area contributed by atoms with Gasteiger partial charge >= 0.3 is 0 Å². The monoisotopic (exact) mass is 340 g/mol. The third-order valence-corrected chi connectivity index (χ3v) is 4.62. The molecule has 1 saturated heterocycles. The van der Waals surface area contributed by atoms with E-state index in [4.69, 9.17) is 8.94 Å². The molecule has 130 valence electrons. The Morgan fingerprint density at radius 2 is 2.20 bits per heavy atom. The molecule has 0 aliphatic carbocycles. The van der Waals surface area contributed by atoms with E-state index in [1.54, 1.807) is 24.5 Å². The quantitative estimate of drug-likeness (QED) is 0.729. The first kappa shape index (κ1) is 15.7. The lowest BCUT2D eigenvalue weighted by atomic mass is 10.2. The predicted molar refractivity (Wildman–Crippen MR) is 90.0 cm³/mol. The molecule has 0 bridgehead atoms. The molecule has 1 fully saturated rings. The second-order valence-electron chi connectivity index (χ2n) is 6.46. The van der Waals surface area contributed by atoms with Gasteiger partial charge in [0.1, 0.15) is 0 Å². The van der Waals surface area contributed by atoms with Crippen LogP contribution in [0.3, 0.4) is 0 Å². The van der Waals surface area contributed by atoms with Gasteiger partial charge in [0.25, 0.3) is 5.91 Å². The van der Waals surface area contributed by atoms with E-state index in [0.717, 1.165) is 30.8 Å². The van der Waals surface area contributed by atoms with Gasteiger partial charge in [-0.05, 0) is 44.9 Å². The molecule has 3 aromatic heterocycles. The molecule has 25 heavy (non-hydrogen) atoms. The molecule has 0 N–H and O–H groups in total. The van der Waals surface area contributed by atoms with E-state index in [9.17, 15) is 4.79 Å². The molecule has 0 aromatic carbocycles. The highest BCUT2D eigenvalue weighted by Crippen LogP contribution is 2.25. The third kappa shape index (κ3) is 2.97. The number of aryl methyl sites for hydroxylation is 2. The van der Waals surface area contributed by atoms with Crippen molar-refractivity contribution in [2.24, 2.45) is 0 Å². The fourth-order valence-electron chi connectivity index (χ4n) is 3.41. The van der Waals surface area contributed by atoms with Gasteiger partial charge < -0.3 is 13.8 Å². The van der Waals surface area contributed by atoms with Crippen LogP contribution in [0, 0.1) is 13.8 Å². The summed E-state index contributed by atoms with van der Waals surface area (Å²) in [6.45, 7) is 5.45. The Morgan fingerprint density at radius 1 is 1.32 bits per heavy atom. The molecule has 1 aliphatic heterocycles. The molecule has 0 saturated carbocycles. The number of rotatable bonds is 4. The topological polar surface area (TPSA) is 77.3 Å². The van der Waals surface area contributed by atoms with Crippen LogP contribution in [0.25, 0.3) is 11.5 Å². The standard InChI is InChI=1S/C18H20N4O3/c1-12-9-13(2)22(19-12)11-14-5-3-7-21(14)18(23)15-10-17(25-20-15)16-6-4-8-24-16/h4,6,8-10,14H,3,5,7,11H2,1-2H3. The number of furan rings is 1. The van der Waals surface area contributed by atoms with Crippen molar-refractivity contribution in [2.45, 2.75) is 39.3 Å². The summed E-state index contributed by atoms with van der Waals surface area (Å²) >= 11 is 0. The van der Waals surface area contributed by atoms with Crippen LogP contribution in [0.15, 0.2) is 39.5 Å². The van der Waals surface area contributed by atoms with Crippen LogP contribution in [-0.4, -0.2) is 38.3 Å². The summed E-state index contributed by atoms with van der Waals surface area (Å²) in [6.07, 6.45) is 3.51. The number of aromatic nitrogens is 3. The normalized spacial score (nSPS) is 17.4. The number of nitrogens with zero attached hydrogens (tertiary/aromatic N) is 4. The zero-order chi connectivity index (χ0) is 17.4. The summed E-state index contributed by atoms with van der Waals surface area (Å²) in [6, 6.07) is 7.35. The zero-order valence-corrected chi connectivity index (χ0v) is 14.3. The Bertz CT molecular complexity index is 878. The molecule has 4 rings (SSSR count). The molecule has 1 amide bonds. The van der Waals surface area contributed by atoms with Crippen LogP contribution < -0.4 is 0 Å². The van der Waals surface area contributed by atoms with E-state index in [0.29, 0.717) is 23.8 Å². The highest BCUT2D eigenvalue weighted by Gasteiger charge is 2.32.